The highest BCUT2D eigenvalue weighted by molar-refractivity contribution is 5.99. The molecule has 2 amide bonds. The number of likely N-dealkylation sites (N-methyl/N-ethyl adjacent to an activating group) is 1. The van der Waals surface area contributed by atoms with Crippen molar-refractivity contribution in [3.63, 3.8) is 0 Å². The second-order valence-corrected chi connectivity index (χ2v) is 8.05. The summed E-state index contributed by atoms with van der Waals surface area (Å²) in [6.07, 6.45) is -4.29. The van der Waals surface area contributed by atoms with Gasteiger partial charge in [0.05, 0.1) is 17.2 Å². The molecule has 0 spiro atoms. The van der Waals surface area contributed by atoms with Crippen molar-refractivity contribution < 1.29 is 27.5 Å². The molecule has 2 aliphatic rings. The predicted molar refractivity (Wildman–Crippen MR) is 95.1 cm³/mol. The number of pyridine rings is 1. The van der Waals surface area contributed by atoms with Gasteiger partial charge in [0, 0.05) is 39.4 Å². The number of halogens is 3. The lowest BCUT2D eigenvalue weighted by Gasteiger charge is -2.42. The molecular formula is C18H23F3N4O3. The number of ether oxygens (including phenoxy) is 1. The zero-order valence-corrected chi connectivity index (χ0v) is 16.2. The minimum absolute atomic E-state index is 0.0782. The zero-order chi connectivity index (χ0) is 20.9. The van der Waals surface area contributed by atoms with Gasteiger partial charge in [-0.3, -0.25) is 4.79 Å². The third-order valence-electron chi connectivity index (χ3n) is 4.66. The summed E-state index contributed by atoms with van der Waals surface area (Å²) in [7, 11) is 1.53. The molecule has 1 fully saturated rings. The number of carbonyl (C=O) groups excluding carboxylic acids is 2. The lowest BCUT2D eigenvalue weighted by molar-refractivity contribution is -0.137. The molecule has 1 aromatic heterocycles. The highest BCUT2D eigenvalue weighted by Gasteiger charge is 2.40. The van der Waals surface area contributed by atoms with E-state index in [0.717, 1.165) is 12.3 Å². The molecule has 7 nitrogen and oxygen atoms in total. The molecule has 1 atom stereocenters. The second kappa shape index (κ2) is 6.82. The smallest absolute Gasteiger partial charge is 0.417 e. The van der Waals surface area contributed by atoms with Gasteiger partial charge in [-0.2, -0.15) is 13.2 Å². The first-order valence-corrected chi connectivity index (χ1v) is 8.94. The van der Waals surface area contributed by atoms with E-state index in [1.807, 2.05) is 0 Å². The third-order valence-corrected chi connectivity index (χ3v) is 4.66. The maximum absolute atomic E-state index is 13.1. The normalized spacial score (nSPS) is 20.5. The van der Waals surface area contributed by atoms with Crippen LogP contribution in [0, 0.1) is 0 Å². The Hall–Kier alpha value is -2.52. The predicted octanol–water partition coefficient (Wildman–Crippen LogP) is 2.61. The number of nitrogens with zero attached hydrogens (tertiary/aromatic N) is 4. The fourth-order valence-electron chi connectivity index (χ4n) is 3.39. The first-order chi connectivity index (χ1) is 12.9. The number of carbonyl (C=O) groups is 2. The molecule has 0 unspecified atom stereocenters. The van der Waals surface area contributed by atoms with Crippen molar-refractivity contribution in [1.82, 2.24) is 14.8 Å². The van der Waals surface area contributed by atoms with Gasteiger partial charge in [-0.15, -0.1) is 0 Å². The molecule has 0 bridgehead atoms. The number of alkyl halides is 3. The monoisotopic (exact) mass is 400 g/mol. The largest absolute Gasteiger partial charge is 0.444 e. The minimum atomic E-state index is -4.58. The summed E-state index contributed by atoms with van der Waals surface area (Å²) in [6.45, 7) is 6.54. The molecule has 2 aliphatic heterocycles. The van der Waals surface area contributed by atoms with E-state index in [2.05, 4.69) is 4.98 Å². The summed E-state index contributed by atoms with van der Waals surface area (Å²) in [6, 6.07) is 0.560. The number of fused-ring (bicyclic) bond motifs is 3. The molecule has 1 aromatic rings. The van der Waals surface area contributed by atoms with Gasteiger partial charge in [0.2, 0.25) is 0 Å². The van der Waals surface area contributed by atoms with E-state index >= 15 is 0 Å². The quantitative estimate of drug-likeness (QED) is 0.670. The average molecular weight is 400 g/mol. The maximum Gasteiger partial charge on any atom is 0.417 e. The Labute approximate surface area is 161 Å². The van der Waals surface area contributed by atoms with Crippen LogP contribution >= 0.6 is 0 Å². The van der Waals surface area contributed by atoms with Gasteiger partial charge < -0.3 is 19.4 Å². The van der Waals surface area contributed by atoms with Crippen LogP contribution in [0.15, 0.2) is 12.3 Å². The zero-order valence-electron chi connectivity index (χ0n) is 16.2. The summed E-state index contributed by atoms with van der Waals surface area (Å²) in [5, 5.41) is 0. The van der Waals surface area contributed by atoms with Crippen LogP contribution in [0.25, 0.3) is 0 Å². The van der Waals surface area contributed by atoms with Crippen LogP contribution in [0.1, 0.15) is 36.7 Å². The number of hydrogen-bond acceptors (Lipinski definition) is 5. The maximum atomic E-state index is 13.1. The van der Waals surface area contributed by atoms with E-state index in [1.54, 1.807) is 30.6 Å². The molecule has 0 radical (unpaired) electrons. The van der Waals surface area contributed by atoms with Crippen molar-refractivity contribution in [1.29, 1.82) is 0 Å². The lowest BCUT2D eigenvalue weighted by Crippen LogP contribution is -2.58. The Morgan fingerprint density at radius 3 is 2.50 bits per heavy atom. The lowest BCUT2D eigenvalue weighted by atomic mass is 10.1. The molecule has 1 saturated heterocycles. The summed E-state index contributed by atoms with van der Waals surface area (Å²) in [5.41, 5.74) is -1.67. The van der Waals surface area contributed by atoms with Gasteiger partial charge in [-0.25, -0.2) is 9.78 Å². The van der Waals surface area contributed by atoms with Crippen LogP contribution in [0.3, 0.4) is 0 Å². The molecule has 0 N–H and O–H groups in total. The van der Waals surface area contributed by atoms with Gasteiger partial charge in [0.1, 0.15) is 11.4 Å². The summed E-state index contributed by atoms with van der Waals surface area (Å²) >= 11 is 0. The van der Waals surface area contributed by atoms with Crippen LogP contribution in [0.4, 0.5) is 23.8 Å². The number of anilines is 1. The van der Waals surface area contributed by atoms with Gasteiger partial charge in [-0.05, 0) is 26.8 Å². The molecular weight excluding hydrogens is 377 g/mol. The molecule has 28 heavy (non-hydrogen) atoms. The van der Waals surface area contributed by atoms with E-state index in [4.69, 9.17) is 4.74 Å². The number of piperazine rings is 1. The van der Waals surface area contributed by atoms with Crippen molar-refractivity contribution in [3.8, 4) is 0 Å². The van der Waals surface area contributed by atoms with E-state index in [9.17, 15) is 22.8 Å². The van der Waals surface area contributed by atoms with Crippen molar-refractivity contribution >= 4 is 17.8 Å². The van der Waals surface area contributed by atoms with E-state index < -0.39 is 29.3 Å². The Morgan fingerprint density at radius 1 is 1.21 bits per heavy atom. The molecule has 0 aromatic carbocycles. The number of rotatable bonds is 0. The molecule has 0 aliphatic carbocycles. The van der Waals surface area contributed by atoms with Crippen LogP contribution < -0.4 is 4.90 Å². The SMILES string of the molecule is CN1C[C@H]2CN(C(=O)OC(C)(C)C)CCN2c2ncc(C(F)(F)F)cc2C1=O. The van der Waals surface area contributed by atoms with Gasteiger partial charge in [0.25, 0.3) is 5.91 Å². The molecule has 3 heterocycles. The van der Waals surface area contributed by atoms with Crippen LogP contribution in [-0.4, -0.2) is 71.7 Å². The highest BCUT2D eigenvalue weighted by Crippen LogP contribution is 2.34. The topological polar surface area (TPSA) is 66.0 Å². The minimum Gasteiger partial charge on any atom is -0.444 e. The van der Waals surface area contributed by atoms with Crippen molar-refractivity contribution in [2.45, 2.75) is 38.6 Å². The van der Waals surface area contributed by atoms with Crippen molar-refractivity contribution in [2.75, 3.05) is 38.1 Å². The highest BCUT2D eigenvalue weighted by atomic mass is 19.4. The van der Waals surface area contributed by atoms with Crippen LogP contribution in [0.5, 0.6) is 0 Å². The van der Waals surface area contributed by atoms with Gasteiger partial charge in [-0.1, -0.05) is 0 Å². The number of amides is 2. The fourth-order valence-corrected chi connectivity index (χ4v) is 3.39. The Kier molecular flexibility index (Phi) is 4.93. The number of hydrogen-bond donors (Lipinski definition) is 0. The Morgan fingerprint density at radius 2 is 1.89 bits per heavy atom. The number of aromatic nitrogens is 1. The molecule has 10 heteroatoms. The fraction of sp³-hybridized carbons (Fsp3) is 0.611. The van der Waals surface area contributed by atoms with E-state index in [-0.39, 0.29) is 30.5 Å². The van der Waals surface area contributed by atoms with Crippen LogP contribution in [0.2, 0.25) is 0 Å². The first kappa shape index (κ1) is 20.2. The summed E-state index contributed by atoms with van der Waals surface area (Å²) in [5.74, 6) is -0.303. The standard InChI is InChI=1S/C18H23F3N4O3/c1-17(2,3)28-16(27)24-5-6-25-12(10-24)9-23(4)15(26)13-7-11(18(19,20)21)8-22-14(13)25/h7-8,12H,5-6,9-10H2,1-4H3/t12-/m0/s1. The van der Waals surface area contributed by atoms with Crippen LogP contribution in [-0.2, 0) is 10.9 Å². The Balaban J connectivity index is 1.90. The molecule has 3 rings (SSSR count). The summed E-state index contributed by atoms with van der Waals surface area (Å²) < 4.78 is 44.6. The van der Waals surface area contributed by atoms with Gasteiger partial charge >= 0.3 is 12.3 Å². The molecule has 0 saturated carbocycles. The average Bonchev–Trinajstić information content (AvgIpc) is 2.67. The Bertz CT molecular complexity index is 791. The first-order valence-electron chi connectivity index (χ1n) is 8.94. The second-order valence-electron chi connectivity index (χ2n) is 8.05. The van der Waals surface area contributed by atoms with E-state index in [0.29, 0.717) is 13.1 Å². The summed E-state index contributed by atoms with van der Waals surface area (Å²) in [4.78, 5) is 33.7. The van der Waals surface area contributed by atoms with Crippen molar-refractivity contribution in [2.24, 2.45) is 0 Å². The van der Waals surface area contributed by atoms with Crippen molar-refractivity contribution in [3.05, 3.63) is 23.4 Å². The third kappa shape index (κ3) is 4.00. The van der Waals surface area contributed by atoms with E-state index in [1.165, 1.54) is 11.9 Å². The molecule has 154 valence electrons. The van der Waals surface area contributed by atoms with Gasteiger partial charge in [0.15, 0.2) is 0 Å².